The second-order valence-electron chi connectivity index (χ2n) is 24.5. The maximum atomic E-state index is 14.4. The van der Waals surface area contributed by atoms with Crippen LogP contribution in [0.25, 0.3) is 10.9 Å². The van der Waals surface area contributed by atoms with Gasteiger partial charge >= 0.3 is 5.97 Å². The Balaban J connectivity index is 1.85. The van der Waals surface area contributed by atoms with Gasteiger partial charge in [-0.3, -0.25) is 62.3 Å². The van der Waals surface area contributed by atoms with E-state index in [0.29, 0.717) is 42.2 Å². The number of rotatable bonds is 46. The first kappa shape index (κ1) is 81.7. The van der Waals surface area contributed by atoms with Crippen molar-refractivity contribution in [2.75, 3.05) is 13.1 Å². The lowest BCUT2D eigenvalue weighted by Gasteiger charge is -2.28. The molecular weight excluding hydrogens is 1260 g/mol. The Bertz CT molecular complexity index is 3160. The quantitative estimate of drug-likeness (QED) is 0.0259. The van der Waals surface area contributed by atoms with E-state index >= 15 is 0 Å². The fourth-order valence-corrected chi connectivity index (χ4v) is 10.3. The van der Waals surface area contributed by atoms with Gasteiger partial charge in [-0.1, -0.05) is 122 Å². The number of hydrogen-bond acceptors (Lipinski definition) is 17. The summed E-state index contributed by atoms with van der Waals surface area (Å²) in [5.41, 5.74) is 24.0. The van der Waals surface area contributed by atoms with Crippen LogP contribution in [0.2, 0.25) is 0 Å². The molecule has 1 aromatic heterocycles. The molecule has 0 bridgehead atoms. The molecule has 0 aliphatic heterocycles. The predicted octanol–water partition coefficient (Wildman–Crippen LogP) is -2.53. The first-order valence-corrected chi connectivity index (χ1v) is 32.6. The number of benzene rings is 2. The molecule has 0 radical (unpaired) electrons. The number of aromatic nitrogens is 1. The van der Waals surface area contributed by atoms with E-state index in [1.165, 1.54) is 0 Å². The molecule has 97 heavy (non-hydrogen) atoms. The number of aliphatic hydroxyl groups excluding tert-OH is 2. The normalized spacial score (nSPS) is 14.9. The number of carbonyl (C=O) groups excluding carboxylic acids is 13. The molecule has 12 atom stereocenters. The minimum absolute atomic E-state index is 0.120. The van der Waals surface area contributed by atoms with Crippen LogP contribution in [0.1, 0.15) is 143 Å². The Labute approximate surface area is 562 Å². The number of amides is 13. The highest BCUT2D eigenvalue weighted by Gasteiger charge is 2.38. The number of carbonyl (C=O) groups is 14. The van der Waals surface area contributed by atoms with Gasteiger partial charge in [-0.25, -0.2) is 4.79 Å². The topological polar surface area (TPSA) is 540 Å². The van der Waals surface area contributed by atoms with Crippen LogP contribution >= 0.6 is 0 Å². The summed E-state index contributed by atoms with van der Waals surface area (Å²) in [6.45, 7) is 8.93. The molecule has 12 unspecified atom stereocenters. The van der Waals surface area contributed by atoms with E-state index in [1.54, 1.807) is 88.5 Å². The van der Waals surface area contributed by atoms with Crippen molar-refractivity contribution >= 4 is 93.7 Å². The lowest BCUT2D eigenvalue weighted by Crippen LogP contribution is -2.62. The summed E-state index contributed by atoms with van der Waals surface area (Å²) < 4.78 is 0. The summed E-state index contributed by atoms with van der Waals surface area (Å²) in [5, 5.41) is 56.1. The number of para-hydroxylation sites is 1. The third kappa shape index (κ3) is 29.1. The van der Waals surface area contributed by atoms with Gasteiger partial charge in [0.2, 0.25) is 76.8 Å². The van der Waals surface area contributed by atoms with Crippen molar-refractivity contribution in [3.05, 3.63) is 71.9 Å². The van der Waals surface area contributed by atoms with Crippen LogP contribution in [-0.4, -0.2) is 183 Å². The molecule has 0 fully saturated rings. The fraction of sp³-hybridized carbons (Fsp3) is 0.569. The van der Waals surface area contributed by atoms with Gasteiger partial charge in [-0.2, -0.15) is 0 Å². The summed E-state index contributed by atoms with van der Waals surface area (Å²) >= 11 is 0. The molecule has 0 spiro atoms. The van der Waals surface area contributed by atoms with Crippen LogP contribution < -0.4 is 76.1 Å². The Morgan fingerprint density at radius 2 is 0.948 bits per heavy atom. The maximum Gasteiger partial charge on any atom is 0.326 e. The van der Waals surface area contributed by atoms with Crippen molar-refractivity contribution < 1.29 is 82.4 Å². The third-order valence-corrected chi connectivity index (χ3v) is 16.0. The summed E-state index contributed by atoms with van der Waals surface area (Å²) in [5.74, 6) is -16.2. The van der Waals surface area contributed by atoms with Gasteiger partial charge in [0, 0.05) is 29.9 Å². The molecule has 0 saturated heterocycles. The molecule has 13 amide bonds. The number of aliphatic carboxylic acids is 1. The van der Waals surface area contributed by atoms with Gasteiger partial charge in [0.15, 0.2) is 0 Å². The molecule has 32 heteroatoms. The SMILES string of the molecule is CCCCCCCC(O)CC(=O)NC(CC(N)=O)C(=O)NC(C(=O)NC(Cc1ccccc1)C(=O)NC(CC(N)=O)C(=O)NC(CC(N)=O)C(=O)NC(CCCCN)C(=O)NC(C(=O)NCC(=O)NC(Cc1c[nH]c2ccccc12)C(=O)NC(C(=O)O)C(C)CC)C(C)O)C(C)C. The number of nitrogens with two attached hydrogens (primary N) is 4. The van der Waals surface area contributed by atoms with Crippen molar-refractivity contribution in [3.63, 3.8) is 0 Å². The standard InChI is InChI=1S/C65H99N15O17/c1-7-9-10-11-15-22-40(82)29-52(86)72-46(30-49(67)83)62(93)78-54(35(3)4)64(95)77-44(27-38-20-13-12-14-21-38)58(89)75-48(32-51(69)85)60(91)76-47(31-50(68)84)59(90)74-43(25-18-19-26-66)57(88)80-56(37(6)81)63(94)71-34-53(87)73-45(61(92)79-55(65(96)97)36(5)8-2)28-39-33-70-42-24-17-16-23-41(39)42/h12-14,16-17,20-21,23-24,33,35-37,40,43-48,54-56,70,81-82H,7-11,15,18-19,22,25-32,34,66H2,1-6H3,(H2,67,83)(H2,68,84)(H2,69,85)(H,71,94)(H,72,86)(H,73,87)(H,74,90)(H,75,89)(H,76,91)(H,77,95)(H,78,93)(H,79,92)(H,80,88)(H,96,97). The van der Waals surface area contributed by atoms with Crippen LogP contribution in [0.3, 0.4) is 0 Å². The highest BCUT2D eigenvalue weighted by atomic mass is 16.4. The number of primary amides is 3. The molecule has 32 nitrogen and oxygen atoms in total. The van der Waals surface area contributed by atoms with Gasteiger partial charge in [0.25, 0.3) is 0 Å². The molecule has 3 aromatic rings. The smallest absolute Gasteiger partial charge is 0.326 e. The summed E-state index contributed by atoms with van der Waals surface area (Å²) in [7, 11) is 0. The first-order valence-electron chi connectivity index (χ1n) is 32.6. The molecule has 22 N–H and O–H groups in total. The Kier molecular flexibility index (Phi) is 35.4. The van der Waals surface area contributed by atoms with Crippen LogP contribution in [0.15, 0.2) is 60.8 Å². The van der Waals surface area contributed by atoms with Crippen molar-refractivity contribution in [3.8, 4) is 0 Å². The van der Waals surface area contributed by atoms with Crippen LogP contribution in [0.4, 0.5) is 0 Å². The van der Waals surface area contributed by atoms with Crippen LogP contribution in [-0.2, 0) is 80.0 Å². The van der Waals surface area contributed by atoms with Gasteiger partial charge < -0.3 is 96.4 Å². The van der Waals surface area contributed by atoms with E-state index in [2.05, 4.69) is 65.1 Å². The molecule has 2 aromatic carbocycles. The Morgan fingerprint density at radius 3 is 1.51 bits per heavy atom. The molecule has 536 valence electrons. The maximum absolute atomic E-state index is 14.4. The zero-order valence-electron chi connectivity index (χ0n) is 55.9. The number of nitrogens with one attached hydrogen (secondary N) is 11. The predicted molar refractivity (Wildman–Crippen MR) is 354 cm³/mol. The van der Waals surface area contributed by atoms with E-state index in [1.807, 2.05) is 0 Å². The number of carboxylic acids is 1. The fourth-order valence-electron chi connectivity index (χ4n) is 10.3. The van der Waals surface area contributed by atoms with Crippen molar-refractivity contribution in [1.29, 1.82) is 0 Å². The molecule has 0 aliphatic rings. The Morgan fingerprint density at radius 1 is 0.474 bits per heavy atom. The number of aliphatic hydroxyl groups is 2. The number of fused-ring (bicyclic) bond motifs is 1. The minimum Gasteiger partial charge on any atom is -0.480 e. The lowest BCUT2D eigenvalue weighted by molar-refractivity contribution is -0.143. The van der Waals surface area contributed by atoms with Gasteiger partial charge in [-0.15, -0.1) is 0 Å². The Hall–Kier alpha value is -9.56. The average Bonchev–Trinajstić information content (AvgIpc) is 1.74. The van der Waals surface area contributed by atoms with Crippen LogP contribution in [0.5, 0.6) is 0 Å². The molecular formula is C65H99N15O17. The molecule has 3 rings (SSSR count). The highest BCUT2D eigenvalue weighted by Crippen LogP contribution is 2.20. The van der Waals surface area contributed by atoms with E-state index in [4.69, 9.17) is 22.9 Å². The first-order chi connectivity index (χ1) is 45.9. The second kappa shape index (κ2) is 42.1. The largest absolute Gasteiger partial charge is 0.480 e. The summed E-state index contributed by atoms with van der Waals surface area (Å²) in [6.07, 6.45) is 0.982. The summed E-state index contributed by atoms with van der Waals surface area (Å²) in [6, 6.07) is 0.560. The molecule has 0 saturated carbocycles. The monoisotopic (exact) mass is 1360 g/mol. The van der Waals surface area contributed by atoms with Crippen molar-refractivity contribution in [1.82, 2.24) is 58.2 Å². The van der Waals surface area contributed by atoms with Crippen molar-refractivity contribution in [2.45, 2.75) is 211 Å². The van der Waals surface area contributed by atoms with Gasteiger partial charge in [0.1, 0.15) is 54.4 Å². The van der Waals surface area contributed by atoms with E-state index in [9.17, 15) is 82.4 Å². The lowest BCUT2D eigenvalue weighted by atomic mass is 9.98. The number of carboxylic acid groups (broad SMARTS) is 1. The van der Waals surface area contributed by atoms with E-state index < -0.39 is 193 Å². The molecule has 0 aliphatic carbocycles. The zero-order chi connectivity index (χ0) is 72.5. The van der Waals surface area contributed by atoms with Crippen LogP contribution in [0, 0.1) is 11.8 Å². The number of hydrogen-bond donors (Lipinski definition) is 18. The second-order valence-corrected chi connectivity index (χ2v) is 24.5. The number of H-pyrrole nitrogens is 1. The summed E-state index contributed by atoms with van der Waals surface area (Å²) in [4.78, 5) is 191. The van der Waals surface area contributed by atoms with E-state index in [-0.39, 0.29) is 32.2 Å². The highest BCUT2D eigenvalue weighted by molar-refractivity contribution is 6.01. The van der Waals surface area contributed by atoms with E-state index in [0.717, 1.165) is 38.1 Å². The van der Waals surface area contributed by atoms with Crippen molar-refractivity contribution in [2.24, 2.45) is 34.8 Å². The third-order valence-electron chi connectivity index (χ3n) is 16.0. The zero-order valence-corrected chi connectivity index (χ0v) is 55.9. The van der Waals surface area contributed by atoms with Gasteiger partial charge in [-0.05, 0) is 68.2 Å². The minimum atomic E-state index is -1.95. The average molecular weight is 1360 g/mol. The van der Waals surface area contributed by atoms with Gasteiger partial charge in [0.05, 0.1) is 44.4 Å². The number of aromatic amines is 1. The number of unbranched alkanes of at least 4 members (excludes halogenated alkanes) is 5. The molecule has 1 heterocycles.